The van der Waals surface area contributed by atoms with Crippen LogP contribution in [0.2, 0.25) is 5.02 Å². The van der Waals surface area contributed by atoms with Crippen molar-refractivity contribution < 1.29 is 19.2 Å². The molecule has 3 aromatic rings. The number of amides is 2. The Morgan fingerprint density at radius 3 is 2.39 bits per heavy atom. The Morgan fingerprint density at radius 1 is 1.03 bits per heavy atom. The molecule has 0 fully saturated rings. The molecule has 0 unspecified atom stereocenters. The molecular formula is C24H22ClN3O5. The van der Waals surface area contributed by atoms with Crippen LogP contribution in [0.1, 0.15) is 16.7 Å². The molecule has 0 aliphatic heterocycles. The number of carbonyl (C=O) groups is 2. The predicted molar refractivity (Wildman–Crippen MR) is 125 cm³/mol. The first-order chi connectivity index (χ1) is 15.8. The molecule has 170 valence electrons. The van der Waals surface area contributed by atoms with E-state index in [4.69, 9.17) is 16.3 Å². The van der Waals surface area contributed by atoms with Gasteiger partial charge in [0.15, 0.2) is 0 Å². The molecule has 0 aliphatic rings. The van der Waals surface area contributed by atoms with Gasteiger partial charge in [-0.25, -0.2) is 4.79 Å². The Bertz CT molecular complexity index is 1140. The Balaban J connectivity index is 1.74. The van der Waals surface area contributed by atoms with Gasteiger partial charge in [-0.3, -0.25) is 14.9 Å². The highest BCUT2D eigenvalue weighted by molar-refractivity contribution is 6.31. The molecule has 3 aromatic carbocycles. The number of carbonyl (C=O) groups excluding carboxylic acids is 2. The van der Waals surface area contributed by atoms with Gasteiger partial charge in [0.2, 0.25) is 5.91 Å². The number of hydrogen-bond donors (Lipinski definition) is 2. The molecule has 0 bridgehead atoms. The highest BCUT2D eigenvalue weighted by Gasteiger charge is 2.23. The van der Waals surface area contributed by atoms with Crippen LogP contribution in [0.25, 0.3) is 0 Å². The lowest BCUT2D eigenvalue weighted by Gasteiger charge is -2.19. The van der Waals surface area contributed by atoms with E-state index in [9.17, 15) is 19.7 Å². The molecule has 2 N–H and O–H groups in total. The number of anilines is 1. The lowest BCUT2D eigenvalue weighted by molar-refractivity contribution is -0.384. The van der Waals surface area contributed by atoms with Gasteiger partial charge in [0.05, 0.1) is 4.92 Å². The van der Waals surface area contributed by atoms with Gasteiger partial charge in [0.1, 0.15) is 12.6 Å². The Hall–Kier alpha value is -3.91. The molecule has 8 nitrogen and oxygen atoms in total. The lowest BCUT2D eigenvalue weighted by Crippen LogP contribution is -2.45. The van der Waals surface area contributed by atoms with Gasteiger partial charge >= 0.3 is 6.09 Å². The first-order valence-corrected chi connectivity index (χ1v) is 10.5. The molecule has 0 aliphatic carbocycles. The molecule has 0 saturated carbocycles. The maximum Gasteiger partial charge on any atom is 0.408 e. The van der Waals surface area contributed by atoms with Gasteiger partial charge in [0, 0.05) is 29.3 Å². The number of nitro benzene ring substituents is 1. The van der Waals surface area contributed by atoms with E-state index in [0.29, 0.717) is 16.3 Å². The summed E-state index contributed by atoms with van der Waals surface area (Å²) in [5.41, 5.74) is 2.68. The van der Waals surface area contributed by atoms with Crippen molar-refractivity contribution in [3.63, 3.8) is 0 Å². The number of halogens is 1. The van der Waals surface area contributed by atoms with Gasteiger partial charge in [-0.2, -0.15) is 0 Å². The molecule has 0 saturated heterocycles. The van der Waals surface area contributed by atoms with E-state index in [2.05, 4.69) is 10.6 Å². The second-order valence-corrected chi connectivity index (χ2v) is 7.77. The third kappa shape index (κ3) is 7.05. The summed E-state index contributed by atoms with van der Waals surface area (Å²) in [6, 6.07) is 19.0. The molecule has 9 heteroatoms. The summed E-state index contributed by atoms with van der Waals surface area (Å²) in [6.45, 7) is 1.87. The third-order valence-corrected chi connectivity index (χ3v) is 5.10. The zero-order valence-electron chi connectivity index (χ0n) is 17.8. The van der Waals surface area contributed by atoms with Crippen molar-refractivity contribution in [3.05, 3.63) is 105 Å². The summed E-state index contributed by atoms with van der Waals surface area (Å²) in [5, 5.41) is 16.7. The van der Waals surface area contributed by atoms with E-state index in [1.54, 1.807) is 30.3 Å². The van der Waals surface area contributed by atoms with Crippen LogP contribution in [0, 0.1) is 17.0 Å². The predicted octanol–water partition coefficient (Wildman–Crippen LogP) is 5.03. The Morgan fingerprint density at radius 2 is 1.73 bits per heavy atom. The lowest BCUT2D eigenvalue weighted by atomic mass is 10.0. The number of benzene rings is 3. The Kier molecular flexibility index (Phi) is 7.99. The molecule has 0 heterocycles. The summed E-state index contributed by atoms with van der Waals surface area (Å²) in [7, 11) is 0. The van der Waals surface area contributed by atoms with Gasteiger partial charge < -0.3 is 15.4 Å². The summed E-state index contributed by atoms with van der Waals surface area (Å²) in [4.78, 5) is 35.8. The Labute approximate surface area is 195 Å². The maximum atomic E-state index is 13.0. The number of nitrogens with zero attached hydrogens (tertiary/aromatic N) is 1. The van der Waals surface area contributed by atoms with E-state index in [1.165, 1.54) is 12.1 Å². The van der Waals surface area contributed by atoms with Gasteiger partial charge in [-0.05, 0) is 35.7 Å². The third-order valence-electron chi connectivity index (χ3n) is 4.87. The zero-order valence-corrected chi connectivity index (χ0v) is 18.5. The highest BCUT2D eigenvalue weighted by Crippen LogP contribution is 2.21. The number of aryl methyl sites for hydroxylation is 1. The number of nitro groups is 1. The van der Waals surface area contributed by atoms with Crippen LogP contribution >= 0.6 is 11.6 Å². The van der Waals surface area contributed by atoms with Crippen LogP contribution in [0.3, 0.4) is 0 Å². The number of hydrogen-bond acceptors (Lipinski definition) is 5. The first-order valence-electron chi connectivity index (χ1n) is 10.1. The highest BCUT2D eigenvalue weighted by atomic mass is 35.5. The van der Waals surface area contributed by atoms with E-state index in [1.807, 2.05) is 37.3 Å². The van der Waals surface area contributed by atoms with Crippen molar-refractivity contribution in [2.75, 3.05) is 5.32 Å². The van der Waals surface area contributed by atoms with E-state index in [0.717, 1.165) is 11.1 Å². The van der Waals surface area contributed by atoms with Gasteiger partial charge in [0.25, 0.3) is 5.69 Å². The average molecular weight is 468 g/mol. The van der Waals surface area contributed by atoms with Crippen molar-refractivity contribution in [2.24, 2.45) is 0 Å². The second-order valence-electron chi connectivity index (χ2n) is 7.33. The maximum absolute atomic E-state index is 13.0. The number of alkyl carbamates (subject to hydrolysis) is 1. The quantitative estimate of drug-likeness (QED) is 0.356. The number of rotatable bonds is 8. The minimum atomic E-state index is -0.992. The molecule has 1 atom stereocenters. The molecule has 0 aromatic heterocycles. The number of ether oxygens (including phenoxy) is 1. The van der Waals surface area contributed by atoms with Crippen LogP contribution in [-0.4, -0.2) is 23.0 Å². The normalized spacial score (nSPS) is 11.3. The van der Waals surface area contributed by atoms with Gasteiger partial charge in [-0.1, -0.05) is 60.1 Å². The average Bonchev–Trinajstić information content (AvgIpc) is 2.80. The van der Waals surface area contributed by atoms with Crippen LogP contribution in [0.5, 0.6) is 0 Å². The summed E-state index contributed by atoms with van der Waals surface area (Å²) >= 11 is 6.04. The fraction of sp³-hybridized carbons (Fsp3) is 0.167. The minimum Gasteiger partial charge on any atom is -0.445 e. The summed E-state index contributed by atoms with van der Waals surface area (Å²) in [5.74, 6) is -0.476. The van der Waals surface area contributed by atoms with Crippen LogP contribution in [-0.2, 0) is 22.6 Å². The van der Waals surface area contributed by atoms with Crippen molar-refractivity contribution in [2.45, 2.75) is 26.0 Å². The molecular weight excluding hydrogens is 446 g/mol. The van der Waals surface area contributed by atoms with Crippen molar-refractivity contribution in [1.29, 1.82) is 0 Å². The largest absolute Gasteiger partial charge is 0.445 e. The monoisotopic (exact) mass is 467 g/mol. The van der Waals surface area contributed by atoms with E-state index >= 15 is 0 Å². The van der Waals surface area contributed by atoms with Crippen molar-refractivity contribution in [3.8, 4) is 0 Å². The van der Waals surface area contributed by atoms with Gasteiger partial charge in [-0.15, -0.1) is 0 Å². The van der Waals surface area contributed by atoms with Crippen LogP contribution in [0.4, 0.5) is 16.2 Å². The first kappa shape index (κ1) is 23.7. The standard InChI is InChI=1S/C24H22ClN3O5/c1-16-7-10-19(25)14-21(16)26-23(29)22(13-17-8-11-20(12-9-17)28(31)32)27-24(30)33-15-18-5-3-2-4-6-18/h2-12,14,22H,13,15H2,1H3,(H,26,29)(H,27,30)/t22-/m0/s1. The van der Waals surface area contributed by atoms with Crippen molar-refractivity contribution in [1.82, 2.24) is 5.32 Å². The fourth-order valence-electron chi connectivity index (χ4n) is 3.05. The SMILES string of the molecule is Cc1ccc(Cl)cc1NC(=O)[C@H](Cc1ccc([N+](=O)[O-])cc1)NC(=O)OCc1ccccc1. The minimum absolute atomic E-state index is 0.0476. The summed E-state index contributed by atoms with van der Waals surface area (Å²) in [6.07, 6.45) is -0.659. The van der Waals surface area contributed by atoms with Crippen molar-refractivity contribution >= 4 is 35.0 Å². The second kappa shape index (κ2) is 11.1. The van der Waals surface area contributed by atoms with E-state index < -0.39 is 23.0 Å². The zero-order chi connectivity index (χ0) is 23.8. The molecule has 2 amide bonds. The topological polar surface area (TPSA) is 111 Å². The molecule has 0 spiro atoms. The van der Waals surface area contributed by atoms with E-state index in [-0.39, 0.29) is 18.7 Å². The smallest absolute Gasteiger partial charge is 0.408 e. The number of nitrogens with one attached hydrogen (secondary N) is 2. The fourth-order valence-corrected chi connectivity index (χ4v) is 3.23. The molecule has 0 radical (unpaired) electrons. The molecule has 33 heavy (non-hydrogen) atoms. The van der Waals surface area contributed by atoms with Crippen LogP contribution < -0.4 is 10.6 Å². The van der Waals surface area contributed by atoms with Crippen LogP contribution in [0.15, 0.2) is 72.8 Å². The molecule has 3 rings (SSSR count). The number of non-ortho nitro benzene ring substituents is 1. The summed E-state index contributed by atoms with van der Waals surface area (Å²) < 4.78 is 5.25.